The highest BCUT2D eigenvalue weighted by Crippen LogP contribution is 2.48. The number of nitriles is 1. The third-order valence-electron chi connectivity index (χ3n) is 2.49. The number of thiazole rings is 1. The van der Waals surface area contributed by atoms with Gasteiger partial charge in [0.15, 0.2) is 0 Å². The van der Waals surface area contributed by atoms with Crippen molar-refractivity contribution < 1.29 is 0 Å². The van der Waals surface area contributed by atoms with E-state index in [2.05, 4.69) is 30.3 Å². The van der Waals surface area contributed by atoms with Crippen LogP contribution in [0.1, 0.15) is 43.3 Å². The average molecular weight is 192 g/mol. The van der Waals surface area contributed by atoms with Gasteiger partial charge < -0.3 is 0 Å². The molecule has 0 aliphatic heterocycles. The van der Waals surface area contributed by atoms with Crippen LogP contribution in [0.2, 0.25) is 0 Å². The third-order valence-corrected chi connectivity index (χ3v) is 3.55. The molecule has 1 aromatic heterocycles. The highest BCUT2D eigenvalue weighted by molar-refractivity contribution is 7.09. The van der Waals surface area contributed by atoms with Gasteiger partial charge in [-0.3, -0.25) is 0 Å². The largest absolute Gasteiger partial charge is 0.244 e. The van der Waals surface area contributed by atoms with Gasteiger partial charge in [-0.1, -0.05) is 13.8 Å². The average Bonchev–Trinajstić information content (AvgIpc) is 2.75. The molecule has 0 atom stereocenters. The molecule has 0 bridgehead atoms. The molecule has 1 saturated carbocycles. The number of hydrogen-bond acceptors (Lipinski definition) is 3. The Balaban J connectivity index is 2.29. The molecule has 2 rings (SSSR count). The molecule has 0 N–H and O–H groups in total. The lowest BCUT2D eigenvalue weighted by Crippen LogP contribution is -2.02. The minimum absolute atomic E-state index is 0.197. The minimum atomic E-state index is -0.197. The van der Waals surface area contributed by atoms with E-state index in [1.807, 2.05) is 0 Å². The van der Waals surface area contributed by atoms with E-state index in [9.17, 15) is 0 Å². The third kappa shape index (κ3) is 1.36. The molecule has 1 aliphatic rings. The lowest BCUT2D eigenvalue weighted by molar-refractivity contribution is 0.802. The quantitative estimate of drug-likeness (QED) is 0.722. The first-order valence-corrected chi connectivity index (χ1v) is 5.43. The van der Waals surface area contributed by atoms with E-state index in [1.54, 1.807) is 11.3 Å². The Morgan fingerprint density at radius 2 is 2.31 bits per heavy atom. The molecule has 3 heteroatoms. The van der Waals surface area contributed by atoms with Crippen LogP contribution in [0.25, 0.3) is 0 Å². The zero-order chi connectivity index (χ0) is 9.47. The van der Waals surface area contributed by atoms with Crippen LogP contribution in [0, 0.1) is 11.3 Å². The van der Waals surface area contributed by atoms with Gasteiger partial charge in [-0.25, -0.2) is 4.98 Å². The summed E-state index contributed by atoms with van der Waals surface area (Å²) in [4.78, 5) is 4.51. The van der Waals surface area contributed by atoms with E-state index >= 15 is 0 Å². The highest BCUT2D eigenvalue weighted by atomic mass is 32.1. The summed E-state index contributed by atoms with van der Waals surface area (Å²) in [5.41, 5.74) is 0.930. The standard InChI is InChI=1S/C10H12N2S/c1-7(2)8-5-13-9(12-8)10(6-11)3-4-10/h5,7H,3-4H2,1-2H3. The number of hydrogen-bond donors (Lipinski definition) is 0. The number of nitrogens with zero attached hydrogens (tertiary/aromatic N) is 2. The molecular weight excluding hydrogens is 180 g/mol. The molecular formula is C10H12N2S. The zero-order valence-corrected chi connectivity index (χ0v) is 8.69. The van der Waals surface area contributed by atoms with Gasteiger partial charge >= 0.3 is 0 Å². The first-order chi connectivity index (χ1) is 6.18. The Bertz CT molecular complexity index is 355. The molecule has 13 heavy (non-hydrogen) atoms. The summed E-state index contributed by atoms with van der Waals surface area (Å²) < 4.78 is 0. The van der Waals surface area contributed by atoms with Crippen molar-refractivity contribution in [1.29, 1.82) is 5.26 Å². The second kappa shape index (κ2) is 2.81. The predicted octanol–water partition coefficient (Wildman–Crippen LogP) is 2.82. The Morgan fingerprint density at radius 1 is 1.62 bits per heavy atom. The molecule has 0 spiro atoms. The molecule has 0 saturated heterocycles. The fourth-order valence-corrected chi connectivity index (χ4v) is 2.46. The SMILES string of the molecule is CC(C)c1csc(C2(C#N)CC2)n1. The van der Waals surface area contributed by atoms with Gasteiger partial charge in [0.1, 0.15) is 10.4 Å². The zero-order valence-electron chi connectivity index (χ0n) is 7.87. The van der Waals surface area contributed by atoms with Gasteiger partial charge in [0, 0.05) is 5.38 Å². The van der Waals surface area contributed by atoms with Crippen LogP contribution in [0.3, 0.4) is 0 Å². The molecule has 1 aliphatic carbocycles. The first kappa shape index (κ1) is 8.71. The van der Waals surface area contributed by atoms with Crippen LogP contribution in [0.5, 0.6) is 0 Å². The van der Waals surface area contributed by atoms with Crippen LogP contribution in [-0.4, -0.2) is 4.98 Å². The first-order valence-electron chi connectivity index (χ1n) is 4.55. The molecule has 0 aromatic carbocycles. The van der Waals surface area contributed by atoms with Crippen molar-refractivity contribution >= 4 is 11.3 Å². The highest BCUT2D eigenvalue weighted by Gasteiger charge is 2.47. The predicted molar refractivity (Wildman–Crippen MR) is 52.7 cm³/mol. The van der Waals surface area contributed by atoms with Crippen molar-refractivity contribution in [2.75, 3.05) is 0 Å². The van der Waals surface area contributed by atoms with Crippen molar-refractivity contribution in [1.82, 2.24) is 4.98 Å². The van der Waals surface area contributed by atoms with Crippen LogP contribution >= 0.6 is 11.3 Å². The van der Waals surface area contributed by atoms with E-state index in [0.717, 1.165) is 23.5 Å². The molecule has 2 nitrogen and oxygen atoms in total. The lowest BCUT2D eigenvalue weighted by atomic mass is 10.1. The molecule has 0 amide bonds. The van der Waals surface area contributed by atoms with Gasteiger partial charge in [-0.15, -0.1) is 11.3 Å². The Hall–Kier alpha value is -0.880. The molecule has 68 valence electrons. The topological polar surface area (TPSA) is 36.7 Å². The fourth-order valence-electron chi connectivity index (χ4n) is 1.27. The van der Waals surface area contributed by atoms with Gasteiger partial charge in [0.05, 0.1) is 11.8 Å². The lowest BCUT2D eigenvalue weighted by Gasteiger charge is -1.99. The monoisotopic (exact) mass is 192 g/mol. The maximum absolute atomic E-state index is 8.97. The maximum Gasteiger partial charge on any atom is 0.113 e. The Labute approximate surface area is 82.2 Å². The Morgan fingerprint density at radius 3 is 2.69 bits per heavy atom. The summed E-state index contributed by atoms with van der Waals surface area (Å²) in [6, 6.07) is 2.37. The summed E-state index contributed by atoms with van der Waals surface area (Å²) >= 11 is 1.64. The van der Waals surface area contributed by atoms with Crippen molar-refractivity contribution in [3.63, 3.8) is 0 Å². The van der Waals surface area contributed by atoms with Gasteiger partial charge in [0.2, 0.25) is 0 Å². The minimum Gasteiger partial charge on any atom is -0.244 e. The fraction of sp³-hybridized carbons (Fsp3) is 0.600. The van der Waals surface area contributed by atoms with E-state index in [1.165, 1.54) is 0 Å². The van der Waals surface area contributed by atoms with E-state index < -0.39 is 0 Å². The van der Waals surface area contributed by atoms with E-state index in [4.69, 9.17) is 5.26 Å². The normalized spacial score (nSPS) is 18.6. The Kier molecular flexibility index (Phi) is 1.88. The summed E-state index contributed by atoms with van der Waals surface area (Å²) in [6.45, 7) is 4.26. The van der Waals surface area contributed by atoms with Crippen LogP contribution in [0.15, 0.2) is 5.38 Å². The summed E-state index contributed by atoms with van der Waals surface area (Å²) in [7, 11) is 0. The van der Waals surface area contributed by atoms with Crippen LogP contribution < -0.4 is 0 Å². The van der Waals surface area contributed by atoms with E-state index in [0.29, 0.717) is 5.92 Å². The smallest absolute Gasteiger partial charge is 0.113 e. The molecule has 0 radical (unpaired) electrons. The van der Waals surface area contributed by atoms with Crippen molar-refractivity contribution in [3.05, 3.63) is 16.1 Å². The summed E-state index contributed by atoms with van der Waals surface area (Å²) in [5.74, 6) is 0.472. The molecule has 0 unspecified atom stereocenters. The van der Waals surface area contributed by atoms with Crippen LogP contribution in [0.4, 0.5) is 0 Å². The second-order valence-corrected chi connectivity index (χ2v) is 4.78. The van der Waals surface area contributed by atoms with Crippen molar-refractivity contribution in [2.24, 2.45) is 0 Å². The van der Waals surface area contributed by atoms with Crippen molar-refractivity contribution in [2.45, 2.75) is 38.0 Å². The number of rotatable bonds is 2. The molecule has 1 heterocycles. The second-order valence-electron chi connectivity index (χ2n) is 3.93. The number of aromatic nitrogens is 1. The summed E-state index contributed by atoms with van der Waals surface area (Å²) in [5, 5.41) is 12.1. The van der Waals surface area contributed by atoms with Crippen molar-refractivity contribution in [3.8, 4) is 6.07 Å². The van der Waals surface area contributed by atoms with E-state index in [-0.39, 0.29) is 5.41 Å². The van der Waals surface area contributed by atoms with Gasteiger partial charge in [-0.05, 0) is 18.8 Å². The van der Waals surface area contributed by atoms with Crippen LogP contribution in [-0.2, 0) is 5.41 Å². The molecule has 1 fully saturated rings. The maximum atomic E-state index is 8.97. The van der Waals surface area contributed by atoms with Gasteiger partial charge in [-0.2, -0.15) is 5.26 Å². The summed E-state index contributed by atoms with van der Waals surface area (Å²) in [6.07, 6.45) is 1.99. The molecule has 1 aromatic rings. The van der Waals surface area contributed by atoms with Gasteiger partial charge in [0.25, 0.3) is 0 Å².